The lowest BCUT2D eigenvalue weighted by Crippen LogP contribution is -2.52. The van der Waals surface area contributed by atoms with E-state index in [2.05, 4.69) is 9.62 Å². The highest BCUT2D eigenvalue weighted by molar-refractivity contribution is 7.88. The average molecular weight is 398 g/mol. The molecule has 0 saturated carbocycles. The number of benzene rings is 1. The SMILES string of the molecule is CS(=O)(=O)NC1CCN(C2CCN(C(O)OCc3ccccc3)CC2)CC1. The van der Waals surface area contributed by atoms with Crippen LogP contribution in [-0.4, -0.2) is 74.3 Å². The number of piperidine rings is 2. The van der Waals surface area contributed by atoms with Crippen LogP contribution < -0.4 is 4.72 Å². The van der Waals surface area contributed by atoms with Crippen molar-refractivity contribution in [1.82, 2.24) is 14.5 Å². The van der Waals surface area contributed by atoms with Crippen LogP contribution in [0.5, 0.6) is 0 Å². The zero-order valence-corrected chi connectivity index (χ0v) is 16.8. The van der Waals surface area contributed by atoms with Gasteiger partial charge in [0.1, 0.15) is 0 Å². The van der Waals surface area contributed by atoms with Gasteiger partial charge in [-0.1, -0.05) is 30.3 Å². The summed E-state index contributed by atoms with van der Waals surface area (Å²) < 4.78 is 31.1. The van der Waals surface area contributed by atoms with Crippen molar-refractivity contribution in [3.05, 3.63) is 35.9 Å². The van der Waals surface area contributed by atoms with Crippen molar-refractivity contribution in [3.8, 4) is 0 Å². The molecular formula is C19H31N3O4S. The molecule has 1 aromatic rings. The Labute approximate surface area is 162 Å². The van der Waals surface area contributed by atoms with Crippen molar-refractivity contribution in [3.63, 3.8) is 0 Å². The van der Waals surface area contributed by atoms with Crippen LogP contribution in [0.25, 0.3) is 0 Å². The van der Waals surface area contributed by atoms with E-state index in [1.807, 2.05) is 35.2 Å². The minimum absolute atomic E-state index is 0.0598. The molecule has 152 valence electrons. The smallest absolute Gasteiger partial charge is 0.216 e. The zero-order chi connectivity index (χ0) is 19.3. The Hall–Kier alpha value is -1.03. The molecule has 2 heterocycles. The van der Waals surface area contributed by atoms with E-state index >= 15 is 0 Å². The number of rotatable bonds is 7. The van der Waals surface area contributed by atoms with Gasteiger partial charge in [-0.15, -0.1) is 0 Å². The summed E-state index contributed by atoms with van der Waals surface area (Å²) in [7, 11) is -3.13. The molecule has 2 aliphatic heterocycles. The normalized spacial score (nSPS) is 22.7. The van der Waals surface area contributed by atoms with Crippen LogP contribution >= 0.6 is 0 Å². The predicted octanol–water partition coefficient (Wildman–Crippen LogP) is 0.957. The number of hydrogen-bond donors (Lipinski definition) is 2. The topological polar surface area (TPSA) is 82.1 Å². The molecule has 2 saturated heterocycles. The fourth-order valence-electron chi connectivity index (χ4n) is 4.01. The molecule has 0 bridgehead atoms. The molecule has 2 fully saturated rings. The van der Waals surface area contributed by atoms with Crippen molar-refractivity contribution in [2.45, 2.75) is 50.8 Å². The maximum atomic E-state index is 11.4. The first-order valence-corrected chi connectivity index (χ1v) is 11.6. The lowest BCUT2D eigenvalue weighted by atomic mass is 9.98. The third-order valence-corrected chi connectivity index (χ3v) is 6.24. The van der Waals surface area contributed by atoms with Crippen LogP contribution in [0.2, 0.25) is 0 Å². The first kappa shape index (κ1) is 20.7. The number of aliphatic hydroxyl groups is 1. The minimum atomic E-state index is -3.13. The Morgan fingerprint density at radius 1 is 1.11 bits per heavy atom. The van der Waals surface area contributed by atoms with Crippen LogP contribution in [-0.2, 0) is 21.4 Å². The Balaban J connectivity index is 1.37. The Morgan fingerprint density at radius 2 is 1.74 bits per heavy atom. The quantitative estimate of drug-likeness (QED) is 0.667. The minimum Gasteiger partial charge on any atom is -0.356 e. The fraction of sp³-hybridized carbons (Fsp3) is 0.684. The maximum Gasteiger partial charge on any atom is 0.216 e. The monoisotopic (exact) mass is 397 g/mol. The Bertz CT molecular complexity index is 669. The standard InChI is InChI=1S/C19H31N3O4S/c1-27(24,25)20-17-7-11-21(12-8-17)18-9-13-22(14-10-18)19(23)26-15-16-5-3-2-4-6-16/h2-6,17-20,23H,7-15H2,1H3. The number of sulfonamides is 1. The predicted molar refractivity (Wildman–Crippen MR) is 104 cm³/mol. The van der Waals surface area contributed by atoms with E-state index in [4.69, 9.17) is 4.74 Å². The average Bonchev–Trinajstić information content (AvgIpc) is 2.66. The molecule has 0 aromatic heterocycles. The van der Waals surface area contributed by atoms with Gasteiger partial charge in [-0.2, -0.15) is 0 Å². The molecule has 1 unspecified atom stereocenters. The largest absolute Gasteiger partial charge is 0.356 e. The van der Waals surface area contributed by atoms with Crippen molar-refractivity contribution >= 4 is 10.0 Å². The molecule has 0 aliphatic carbocycles. The number of hydrogen-bond acceptors (Lipinski definition) is 6. The van der Waals surface area contributed by atoms with Crippen molar-refractivity contribution in [1.29, 1.82) is 0 Å². The summed E-state index contributed by atoms with van der Waals surface area (Å²) in [5.41, 5.74) is 1.05. The van der Waals surface area contributed by atoms with Gasteiger partial charge in [0.05, 0.1) is 12.9 Å². The van der Waals surface area contributed by atoms with E-state index in [0.29, 0.717) is 12.6 Å². The van der Waals surface area contributed by atoms with Gasteiger partial charge < -0.3 is 14.7 Å². The van der Waals surface area contributed by atoms with Gasteiger partial charge in [-0.05, 0) is 44.3 Å². The summed E-state index contributed by atoms with van der Waals surface area (Å²) in [6.07, 6.45) is 4.06. The van der Waals surface area contributed by atoms with E-state index < -0.39 is 16.4 Å². The third kappa shape index (κ3) is 6.51. The third-order valence-electron chi connectivity index (χ3n) is 5.48. The van der Waals surface area contributed by atoms with E-state index in [0.717, 1.165) is 57.4 Å². The lowest BCUT2D eigenvalue weighted by molar-refractivity contribution is -0.206. The molecule has 0 amide bonds. The van der Waals surface area contributed by atoms with Gasteiger partial charge in [0.25, 0.3) is 0 Å². The molecular weight excluding hydrogens is 366 g/mol. The van der Waals surface area contributed by atoms with E-state index in [9.17, 15) is 13.5 Å². The van der Waals surface area contributed by atoms with Gasteiger partial charge in [0, 0.05) is 25.2 Å². The first-order chi connectivity index (χ1) is 12.9. The molecule has 3 rings (SSSR count). The number of nitrogens with zero attached hydrogens (tertiary/aromatic N) is 2. The highest BCUT2D eigenvalue weighted by Gasteiger charge is 2.30. The van der Waals surface area contributed by atoms with Crippen molar-refractivity contribution < 1.29 is 18.3 Å². The summed E-state index contributed by atoms with van der Waals surface area (Å²) in [6, 6.07) is 10.4. The number of nitrogens with one attached hydrogen (secondary N) is 1. The summed E-state index contributed by atoms with van der Waals surface area (Å²) in [5, 5.41) is 10.3. The van der Waals surface area contributed by atoms with Gasteiger partial charge in [0.15, 0.2) is 0 Å². The maximum absolute atomic E-state index is 11.4. The summed E-state index contributed by atoms with van der Waals surface area (Å²) >= 11 is 0. The molecule has 1 atom stereocenters. The molecule has 0 radical (unpaired) electrons. The summed E-state index contributed by atoms with van der Waals surface area (Å²) in [4.78, 5) is 4.45. The molecule has 2 aliphatic rings. The van der Waals surface area contributed by atoms with Crippen LogP contribution in [0.4, 0.5) is 0 Å². The lowest BCUT2D eigenvalue weighted by Gasteiger charge is -2.42. The molecule has 8 heteroatoms. The molecule has 1 aromatic carbocycles. The second kappa shape index (κ2) is 9.45. The van der Waals surface area contributed by atoms with Gasteiger partial charge >= 0.3 is 0 Å². The van der Waals surface area contributed by atoms with E-state index in [1.54, 1.807) is 0 Å². The van der Waals surface area contributed by atoms with Crippen LogP contribution in [0.3, 0.4) is 0 Å². The highest BCUT2D eigenvalue weighted by atomic mass is 32.2. The van der Waals surface area contributed by atoms with Crippen LogP contribution in [0, 0.1) is 0 Å². The summed E-state index contributed by atoms with van der Waals surface area (Å²) in [5.74, 6) is 0. The second-order valence-electron chi connectivity index (χ2n) is 7.59. The number of likely N-dealkylation sites (tertiary alicyclic amines) is 2. The molecule has 0 spiro atoms. The van der Waals surface area contributed by atoms with E-state index in [1.165, 1.54) is 6.26 Å². The number of aliphatic hydroxyl groups excluding tert-OH is 1. The first-order valence-electron chi connectivity index (χ1n) is 9.70. The highest BCUT2D eigenvalue weighted by Crippen LogP contribution is 2.22. The fourth-order valence-corrected chi connectivity index (χ4v) is 4.85. The molecule has 7 nitrogen and oxygen atoms in total. The molecule has 27 heavy (non-hydrogen) atoms. The van der Waals surface area contributed by atoms with Crippen molar-refractivity contribution in [2.75, 3.05) is 32.4 Å². The number of ether oxygens (including phenoxy) is 1. The Kier molecular flexibility index (Phi) is 7.24. The van der Waals surface area contributed by atoms with Crippen LogP contribution in [0.15, 0.2) is 30.3 Å². The van der Waals surface area contributed by atoms with Gasteiger partial charge in [-0.25, -0.2) is 13.1 Å². The van der Waals surface area contributed by atoms with Gasteiger partial charge in [0.2, 0.25) is 16.4 Å². The Morgan fingerprint density at radius 3 is 2.33 bits per heavy atom. The zero-order valence-electron chi connectivity index (χ0n) is 16.0. The van der Waals surface area contributed by atoms with Gasteiger partial charge in [-0.3, -0.25) is 4.90 Å². The van der Waals surface area contributed by atoms with Crippen molar-refractivity contribution in [2.24, 2.45) is 0 Å². The van der Waals surface area contributed by atoms with Crippen LogP contribution in [0.1, 0.15) is 31.2 Å². The summed E-state index contributed by atoms with van der Waals surface area (Å²) in [6.45, 7) is 3.86. The van der Waals surface area contributed by atoms with E-state index in [-0.39, 0.29) is 6.04 Å². The second-order valence-corrected chi connectivity index (χ2v) is 9.37. The molecule has 2 N–H and O–H groups in total.